The summed E-state index contributed by atoms with van der Waals surface area (Å²) in [5.41, 5.74) is 0.758. The number of amidine groups is 4. The van der Waals surface area contributed by atoms with Gasteiger partial charge in [-0.2, -0.15) is 8.75 Å². The lowest BCUT2D eigenvalue weighted by Gasteiger charge is -2.40. The van der Waals surface area contributed by atoms with Gasteiger partial charge in [-0.05, 0) is 99.3 Å². The standard InChI is InChI=1S/2C16H17FN6OS/c2*1-9-13(18)23(14(19)15-20-10(2)21-25-15)8-7-22(9)16(24)11-3-5-12(17)6-4-11/h2*3-6,9,18-19H,7-8H2,1-2H3/t2*9-/m11/s1. The fourth-order valence-corrected chi connectivity index (χ4v) is 6.60. The molecule has 2 atom stereocenters. The number of piperazine rings is 2. The monoisotopic (exact) mass is 720 g/mol. The Labute approximate surface area is 294 Å². The highest BCUT2D eigenvalue weighted by Crippen LogP contribution is 2.20. The van der Waals surface area contributed by atoms with E-state index in [1.54, 1.807) is 47.3 Å². The van der Waals surface area contributed by atoms with E-state index in [0.717, 1.165) is 23.1 Å². The van der Waals surface area contributed by atoms with E-state index < -0.39 is 23.7 Å². The molecule has 14 nitrogen and oxygen atoms in total. The number of nitrogens with one attached hydrogen (secondary N) is 4. The van der Waals surface area contributed by atoms with Crippen molar-refractivity contribution in [2.75, 3.05) is 26.2 Å². The van der Waals surface area contributed by atoms with Crippen molar-refractivity contribution in [3.63, 3.8) is 0 Å². The number of rotatable bonds is 4. The molecular formula is C32H34F2N12O2S2. The highest BCUT2D eigenvalue weighted by molar-refractivity contribution is 7.08. The minimum Gasteiger partial charge on any atom is -0.327 e. The topological polar surface area (TPSA) is 194 Å². The molecule has 0 saturated carbocycles. The maximum Gasteiger partial charge on any atom is 0.254 e. The Morgan fingerprint density at radius 1 is 0.660 bits per heavy atom. The molecule has 0 aliphatic carbocycles. The van der Waals surface area contributed by atoms with Gasteiger partial charge in [-0.15, -0.1) is 0 Å². The molecule has 2 fully saturated rings. The summed E-state index contributed by atoms with van der Waals surface area (Å²) in [5.74, 6) is 0.423. The molecule has 260 valence electrons. The van der Waals surface area contributed by atoms with Gasteiger partial charge in [-0.1, -0.05) is 0 Å². The van der Waals surface area contributed by atoms with Crippen LogP contribution in [0.3, 0.4) is 0 Å². The van der Waals surface area contributed by atoms with Crippen LogP contribution in [0.5, 0.6) is 0 Å². The zero-order chi connectivity index (χ0) is 36.3. The third-order valence-corrected chi connectivity index (χ3v) is 9.77. The van der Waals surface area contributed by atoms with Crippen LogP contribution in [-0.2, 0) is 0 Å². The molecule has 2 aromatic heterocycles. The van der Waals surface area contributed by atoms with Crippen molar-refractivity contribution < 1.29 is 18.4 Å². The molecule has 0 unspecified atom stereocenters. The molecule has 2 aromatic carbocycles. The van der Waals surface area contributed by atoms with Gasteiger partial charge in [0.1, 0.15) is 35.0 Å². The maximum absolute atomic E-state index is 13.0. The van der Waals surface area contributed by atoms with Crippen molar-refractivity contribution in [1.82, 2.24) is 38.3 Å². The van der Waals surface area contributed by atoms with Gasteiger partial charge in [0.05, 0.1) is 12.1 Å². The van der Waals surface area contributed by atoms with Gasteiger partial charge in [-0.25, -0.2) is 18.7 Å². The first-order valence-electron chi connectivity index (χ1n) is 15.4. The number of carbonyl (C=O) groups is 2. The average Bonchev–Trinajstić information content (AvgIpc) is 3.75. The SMILES string of the molecule is Cc1nsc(C(=N)N2CCN(C(=O)c3ccc(F)cc3)[C@H](C)C2=N)n1.Cc1nsc(C(=N)N2CCN(C(=O)c3ccc(F)cc3)[C@H](C)C2=N)n1. The summed E-state index contributed by atoms with van der Waals surface area (Å²) in [6, 6.07) is 9.72. The van der Waals surface area contributed by atoms with E-state index in [-0.39, 0.29) is 35.2 Å². The Bertz CT molecular complexity index is 1810. The number of aryl methyl sites for hydroxylation is 2. The molecule has 18 heteroatoms. The number of benzene rings is 2. The Balaban J connectivity index is 0.000000194. The third kappa shape index (κ3) is 7.60. The number of nitrogens with zero attached hydrogens (tertiary/aromatic N) is 8. The van der Waals surface area contributed by atoms with Crippen LogP contribution in [0.2, 0.25) is 0 Å². The Morgan fingerprint density at radius 2 is 1.00 bits per heavy atom. The van der Waals surface area contributed by atoms with Crippen molar-refractivity contribution >= 4 is 58.2 Å². The molecule has 6 rings (SSSR count). The van der Waals surface area contributed by atoms with Crippen LogP contribution in [0.25, 0.3) is 0 Å². The molecule has 4 heterocycles. The predicted molar refractivity (Wildman–Crippen MR) is 186 cm³/mol. The highest BCUT2D eigenvalue weighted by Gasteiger charge is 2.36. The maximum atomic E-state index is 13.0. The lowest BCUT2D eigenvalue weighted by molar-refractivity contribution is 0.0694. The number of hydrogen-bond donors (Lipinski definition) is 4. The summed E-state index contributed by atoms with van der Waals surface area (Å²) in [5, 5.41) is 34.1. The summed E-state index contributed by atoms with van der Waals surface area (Å²) >= 11 is 2.24. The lowest BCUT2D eigenvalue weighted by Crippen LogP contribution is -2.58. The minimum absolute atomic E-state index is 0.122. The van der Waals surface area contributed by atoms with E-state index in [9.17, 15) is 18.4 Å². The molecule has 2 aliphatic heterocycles. The molecular weight excluding hydrogens is 687 g/mol. The number of amides is 2. The summed E-state index contributed by atoms with van der Waals surface area (Å²) in [6.45, 7) is 8.37. The number of carbonyl (C=O) groups excluding carboxylic acids is 2. The van der Waals surface area contributed by atoms with Crippen LogP contribution in [-0.4, -0.2) is 112 Å². The Morgan fingerprint density at radius 3 is 1.30 bits per heavy atom. The zero-order valence-electron chi connectivity index (χ0n) is 27.6. The van der Waals surface area contributed by atoms with Gasteiger partial charge >= 0.3 is 0 Å². The summed E-state index contributed by atoms with van der Waals surface area (Å²) in [6.07, 6.45) is 0. The van der Waals surface area contributed by atoms with Crippen LogP contribution in [0.4, 0.5) is 8.78 Å². The van der Waals surface area contributed by atoms with E-state index in [0.29, 0.717) is 59.0 Å². The molecule has 2 saturated heterocycles. The fraction of sp³-hybridized carbons (Fsp3) is 0.312. The van der Waals surface area contributed by atoms with Crippen LogP contribution >= 0.6 is 23.1 Å². The highest BCUT2D eigenvalue weighted by atomic mass is 32.1. The lowest BCUT2D eigenvalue weighted by atomic mass is 10.1. The molecule has 0 bridgehead atoms. The first-order chi connectivity index (χ1) is 23.8. The van der Waals surface area contributed by atoms with Gasteiger partial charge in [-0.3, -0.25) is 31.2 Å². The predicted octanol–water partition coefficient (Wildman–Crippen LogP) is 4.27. The van der Waals surface area contributed by atoms with Crippen molar-refractivity contribution in [3.8, 4) is 0 Å². The second kappa shape index (κ2) is 15.0. The molecule has 0 radical (unpaired) electrons. The number of hydrogen-bond acceptors (Lipinski definition) is 12. The van der Waals surface area contributed by atoms with Crippen molar-refractivity contribution in [1.29, 1.82) is 21.6 Å². The second-order valence-electron chi connectivity index (χ2n) is 11.4. The molecule has 50 heavy (non-hydrogen) atoms. The second-order valence-corrected chi connectivity index (χ2v) is 12.9. The smallest absolute Gasteiger partial charge is 0.254 e. The first kappa shape index (κ1) is 35.9. The molecule has 0 spiro atoms. The fourth-order valence-electron chi connectivity index (χ4n) is 5.34. The average molecular weight is 721 g/mol. The van der Waals surface area contributed by atoms with Gasteiger partial charge in [0.25, 0.3) is 11.8 Å². The van der Waals surface area contributed by atoms with Crippen molar-refractivity contribution in [2.45, 2.75) is 39.8 Å². The molecule has 2 aliphatic rings. The molecule has 4 aromatic rings. The minimum atomic E-state index is -0.499. The number of aromatic nitrogens is 4. The van der Waals surface area contributed by atoms with Crippen LogP contribution < -0.4 is 0 Å². The van der Waals surface area contributed by atoms with Crippen LogP contribution in [0.1, 0.15) is 56.2 Å². The summed E-state index contributed by atoms with van der Waals surface area (Å²) < 4.78 is 34.2. The quantitative estimate of drug-likeness (QED) is 0.177. The van der Waals surface area contributed by atoms with Gasteiger partial charge in [0.2, 0.25) is 0 Å². The first-order valence-corrected chi connectivity index (χ1v) is 16.9. The molecule has 2 amide bonds. The normalized spacial score (nSPS) is 17.7. The van der Waals surface area contributed by atoms with E-state index >= 15 is 0 Å². The van der Waals surface area contributed by atoms with Crippen LogP contribution in [0, 0.1) is 47.1 Å². The van der Waals surface area contributed by atoms with Gasteiger partial charge in [0, 0.05) is 37.3 Å². The largest absolute Gasteiger partial charge is 0.327 e. The van der Waals surface area contributed by atoms with Crippen LogP contribution in [0.15, 0.2) is 48.5 Å². The third-order valence-electron chi connectivity index (χ3n) is 8.14. The van der Waals surface area contributed by atoms with Gasteiger partial charge in [0.15, 0.2) is 21.7 Å². The van der Waals surface area contributed by atoms with E-state index in [1.165, 1.54) is 48.5 Å². The van der Waals surface area contributed by atoms with E-state index in [2.05, 4.69) is 18.7 Å². The van der Waals surface area contributed by atoms with Crippen molar-refractivity contribution in [3.05, 3.63) is 93.0 Å². The van der Waals surface area contributed by atoms with Crippen molar-refractivity contribution in [2.24, 2.45) is 0 Å². The summed E-state index contributed by atoms with van der Waals surface area (Å²) in [7, 11) is 0. The Kier molecular flexibility index (Phi) is 10.8. The number of halogens is 2. The van der Waals surface area contributed by atoms with E-state index in [1.807, 2.05) is 0 Å². The van der Waals surface area contributed by atoms with E-state index in [4.69, 9.17) is 21.6 Å². The summed E-state index contributed by atoms with van der Waals surface area (Å²) in [4.78, 5) is 39.8. The van der Waals surface area contributed by atoms with Gasteiger partial charge < -0.3 is 19.6 Å². The zero-order valence-corrected chi connectivity index (χ0v) is 29.2. The molecule has 4 N–H and O–H groups in total. The Hall–Kier alpha value is -5.36.